The van der Waals surface area contributed by atoms with Gasteiger partial charge in [0.25, 0.3) is 0 Å². The molecule has 11 heteroatoms. The zero-order valence-corrected chi connectivity index (χ0v) is 20.3. The van der Waals surface area contributed by atoms with Gasteiger partial charge in [0.05, 0.1) is 6.42 Å². The second kappa shape index (κ2) is 16.9. The van der Waals surface area contributed by atoms with Gasteiger partial charge in [-0.15, -0.1) is 0 Å². The molecule has 0 aromatic heterocycles. The van der Waals surface area contributed by atoms with E-state index in [9.17, 15) is 24.3 Å². The Hall–Kier alpha value is -3.63. The molecule has 0 bridgehead atoms. The molecule has 1 rings (SSSR count). The maximum Gasteiger partial charge on any atom is 0.326 e. The molecule has 0 saturated carbocycles. The molecule has 0 aliphatic rings. The van der Waals surface area contributed by atoms with Crippen LogP contribution in [0.3, 0.4) is 0 Å². The summed E-state index contributed by atoms with van der Waals surface area (Å²) in [5.74, 6) is -3.31. The predicted molar refractivity (Wildman–Crippen MR) is 129 cm³/mol. The first-order valence-corrected chi connectivity index (χ1v) is 11.2. The molecule has 0 radical (unpaired) electrons. The number of carboxylic acid groups (broad SMARTS) is 2. The number of amides is 2. The molecule has 0 aliphatic heterocycles. The van der Waals surface area contributed by atoms with Crippen LogP contribution in [0, 0.1) is 0 Å². The first kappa shape index (κ1) is 30.4. The van der Waals surface area contributed by atoms with Crippen molar-refractivity contribution in [3.8, 4) is 0 Å². The minimum Gasteiger partial charge on any atom is -0.481 e. The Kier molecular flexibility index (Phi) is 15.1. The van der Waals surface area contributed by atoms with Gasteiger partial charge in [-0.3, -0.25) is 19.4 Å². The highest BCUT2D eigenvalue weighted by molar-refractivity contribution is 5.91. The fraction of sp³-hybridized carbons (Fsp3) is 0.522. The van der Waals surface area contributed by atoms with Crippen LogP contribution in [0.25, 0.3) is 0 Å². The average molecular weight is 480 g/mol. The monoisotopic (exact) mass is 479 g/mol. The van der Waals surface area contributed by atoms with Crippen LogP contribution in [0.5, 0.6) is 0 Å². The highest BCUT2D eigenvalue weighted by Gasteiger charge is 2.26. The van der Waals surface area contributed by atoms with E-state index >= 15 is 0 Å². The number of hydrogen-bond acceptors (Lipinski definition) is 5. The number of carboxylic acids is 2. The topological polar surface area (TPSA) is 174 Å². The molecule has 0 heterocycles. The Morgan fingerprint density at radius 3 is 2.15 bits per heavy atom. The second-order valence-electron chi connectivity index (χ2n) is 7.38. The number of nitrogens with one attached hydrogen (secondary N) is 2. The molecule has 2 atom stereocenters. The molecular weight excluding hydrogens is 442 g/mol. The van der Waals surface area contributed by atoms with Crippen LogP contribution < -0.4 is 16.4 Å². The lowest BCUT2D eigenvalue weighted by Gasteiger charge is -2.21. The predicted octanol–water partition coefficient (Wildman–Crippen LogP) is 0.831. The van der Waals surface area contributed by atoms with Gasteiger partial charge in [-0.25, -0.2) is 4.79 Å². The van der Waals surface area contributed by atoms with Crippen molar-refractivity contribution in [2.45, 2.75) is 58.0 Å². The molecular formula is C23H37N5O6. The third-order valence-electron chi connectivity index (χ3n) is 4.50. The van der Waals surface area contributed by atoms with Crippen LogP contribution >= 0.6 is 0 Å². The zero-order valence-electron chi connectivity index (χ0n) is 20.3. The molecule has 6 N–H and O–H groups in total. The largest absolute Gasteiger partial charge is 0.481 e. The fourth-order valence-corrected chi connectivity index (χ4v) is 2.71. The van der Waals surface area contributed by atoms with Gasteiger partial charge in [0.2, 0.25) is 11.8 Å². The van der Waals surface area contributed by atoms with E-state index in [1.165, 1.54) is 0 Å². The Labute approximate surface area is 200 Å². The Bertz CT molecular complexity index is 813. The molecule has 0 aliphatic carbocycles. The van der Waals surface area contributed by atoms with E-state index in [4.69, 9.17) is 10.8 Å². The maximum atomic E-state index is 12.8. The number of aliphatic carboxylic acids is 2. The van der Waals surface area contributed by atoms with E-state index in [0.717, 1.165) is 5.56 Å². The summed E-state index contributed by atoms with van der Waals surface area (Å²) in [4.78, 5) is 53.0. The van der Waals surface area contributed by atoms with E-state index in [-0.39, 0.29) is 25.7 Å². The second-order valence-corrected chi connectivity index (χ2v) is 7.38. The Balaban J connectivity index is 0.00000529. The average Bonchev–Trinajstić information content (AvgIpc) is 2.80. The smallest absolute Gasteiger partial charge is 0.326 e. The van der Waals surface area contributed by atoms with Crippen molar-refractivity contribution < 1.29 is 29.4 Å². The van der Waals surface area contributed by atoms with E-state index in [0.29, 0.717) is 18.9 Å². The number of carbonyl (C=O) groups excluding carboxylic acids is 2. The fourth-order valence-electron chi connectivity index (χ4n) is 2.71. The minimum absolute atomic E-state index is 0.0747. The lowest BCUT2D eigenvalue weighted by Crippen LogP contribution is -2.52. The van der Waals surface area contributed by atoms with Gasteiger partial charge >= 0.3 is 11.9 Å². The standard InChI is InChI=1S/C21H31N5O6.C2H6/c1-26(2)21(22)23-12-6-9-15(24-17(27)10-11-18(28)29)19(30)25-16(20(31)32)13-14-7-4-3-5-8-14;1-2/h3-5,7-8,15-16H,6,9-13H2,1-2H3,(H2,22,23)(H,24,27)(H,25,30)(H,28,29)(H,31,32);1-2H3. The molecule has 2 amide bonds. The van der Waals surface area contributed by atoms with Crippen molar-refractivity contribution in [3.63, 3.8) is 0 Å². The maximum absolute atomic E-state index is 12.8. The first-order chi connectivity index (χ1) is 16.1. The summed E-state index contributed by atoms with van der Waals surface area (Å²) < 4.78 is 0. The Morgan fingerprint density at radius 1 is 1.00 bits per heavy atom. The summed E-state index contributed by atoms with van der Waals surface area (Å²) in [6, 6.07) is 6.60. The summed E-state index contributed by atoms with van der Waals surface area (Å²) in [7, 11) is 3.47. The molecule has 0 spiro atoms. The van der Waals surface area contributed by atoms with Crippen LogP contribution in [-0.2, 0) is 25.6 Å². The summed E-state index contributed by atoms with van der Waals surface area (Å²) >= 11 is 0. The zero-order chi connectivity index (χ0) is 26.1. The number of guanidine groups is 1. The molecule has 1 aromatic rings. The van der Waals surface area contributed by atoms with Crippen molar-refractivity contribution in [3.05, 3.63) is 35.9 Å². The Morgan fingerprint density at radius 2 is 1.62 bits per heavy atom. The van der Waals surface area contributed by atoms with Gasteiger partial charge in [0.15, 0.2) is 5.96 Å². The molecule has 34 heavy (non-hydrogen) atoms. The van der Waals surface area contributed by atoms with Crippen LogP contribution in [0.2, 0.25) is 0 Å². The highest BCUT2D eigenvalue weighted by atomic mass is 16.4. The summed E-state index contributed by atoms with van der Waals surface area (Å²) in [6.07, 6.45) is -0.0349. The van der Waals surface area contributed by atoms with Crippen molar-refractivity contribution >= 4 is 29.7 Å². The molecule has 2 unspecified atom stereocenters. The summed E-state index contributed by atoms with van der Waals surface area (Å²) in [5.41, 5.74) is 6.45. The SMILES string of the molecule is CC.CN(C)C(N)=NCCCC(NC(=O)CCC(=O)O)C(=O)NC(Cc1ccccc1)C(=O)O. The van der Waals surface area contributed by atoms with Crippen LogP contribution in [-0.4, -0.2) is 77.5 Å². The van der Waals surface area contributed by atoms with Gasteiger partial charge in [-0.1, -0.05) is 44.2 Å². The summed E-state index contributed by atoms with van der Waals surface area (Å²) in [6.45, 7) is 4.30. The number of carbonyl (C=O) groups is 4. The molecule has 1 aromatic carbocycles. The molecule has 11 nitrogen and oxygen atoms in total. The number of nitrogens with two attached hydrogens (primary N) is 1. The van der Waals surface area contributed by atoms with E-state index in [1.54, 1.807) is 49.3 Å². The lowest BCUT2D eigenvalue weighted by molar-refractivity contribution is -0.142. The van der Waals surface area contributed by atoms with E-state index in [1.807, 2.05) is 13.8 Å². The van der Waals surface area contributed by atoms with Gasteiger partial charge in [-0.2, -0.15) is 0 Å². The third kappa shape index (κ3) is 13.0. The van der Waals surface area contributed by atoms with Crippen molar-refractivity contribution in [2.24, 2.45) is 10.7 Å². The van der Waals surface area contributed by atoms with Gasteiger partial charge in [0.1, 0.15) is 12.1 Å². The third-order valence-corrected chi connectivity index (χ3v) is 4.50. The first-order valence-electron chi connectivity index (χ1n) is 11.2. The van der Waals surface area contributed by atoms with Crippen molar-refractivity contribution in [1.82, 2.24) is 15.5 Å². The van der Waals surface area contributed by atoms with Gasteiger partial charge in [-0.05, 0) is 18.4 Å². The number of rotatable bonds is 13. The number of aliphatic imine (C=N–C) groups is 1. The molecule has 190 valence electrons. The van der Waals surface area contributed by atoms with Crippen molar-refractivity contribution in [1.29, 1.82) is 0 Å². The quantitative estimate of drug-likeness (QED) is 0.157. The lowest BCUT2D eigenvalue weighted by atomic mass is 10.0. The normalized spacial score (nSPS) is 12.4. The van der Waals surface area contributed by atoms with Crippen LogP contribution in [0.4, 0.5) is 0 Å². The summed E-state index contributed by atoms with van der Waals surface area (Å²) in [5, 5.41) is 23.2. The van der Waals surface area contributed by atoms with Crippen LogP contribution in [0.1, 0.15) is 45.1 Å². The molecule has 0 saturated heterocycles. The van der Waals surface area contributed by atoms with Crippen molar-refractivity contribution in [2.75, 3.05) is 20.6 Å². The highest BCUT2D eigenvalue weighted by Crippen LogP contribution is 2.06. The van der Waals surface area contributed by atoms with Crippen LogP contribution in [0.15, 0.2) is 35.3 Å². The van der Waals surface area contributed by atoms with E-state index in [2.05, 4.69) is 15.6 Å². The number of benzene rings is 1. The van der Waals surface area contributed by atoms with Gasteiger partial charge < -0.3 is 31.5 Å². The minimum atomic E-state index is -1.21. The number of hydrogen-bond donors (Lipinski definition) is 5. The van der Waals surface area contributed by atoms with E-state index < -0.39 is 35.8 Å². The molecule has 0 fully saturated rings. The van der Waals surface area contributed by atoms with Gasteiger partial charge in [0, 0.05) is 33.5 Å². The number of nitrogens with zero attached hydrogens (tertiary/aromatic N) is 2.